The number of nitrogens with one attached hydrogen (secondary N) is 1. The number of piperidine rings is 1. The Morgan fingerprint density at radius 3 is 2.83 bits per heavy atom. The zero-order chi connectivity index (χ0) is 16.9. The number of aromatic nitrogens is 2. The summed E-state index contributed by atoms with van der Waals surface area (Å²) in [7, 11) is 1.58. The first-order valence-corrected chi connectivity index (χ1v) is 8.39. The maximum absolute atomic E-state index is 12.3. The quantitative estimate of drug-likeness (QED) is 0.923. The minimum absolute atomic E-state index is 0.0409. The Labute approximate surface area is 146 Å². The van der Waals surface area contributed by atoms with Crippen molar-refractivity contribution in [3.63, 3.8) is 0 Å². The maximum atomic E-state index is 12.3. The van der Waals surface area contributed by atoms with E-state index in [-0.39, 0.29) is 6.03 Å². The van der Waals surface area contributed by atoms with Crippen molar-refractivity contribution in [3.8, 4) is 5.75 Å². The van der Waals surface area contributed by atoms with E-state index in [0.29, 0.717) is 23.4 Å². The molecule has 1 aliphatic heterocycles. The van der Waals surface area contributed by atoms with Crippen LogP contribution in [0.4, 0.5) is 4.79 Å². The Kier molecular flexibility index (Phi) is 5.25. The molecule has 1 aromatic carbocycles. The van der Waals surface area contributed by atoms with Gasteiger partial charge in [-0.2, -0.15) is 5.10 Å². The monoisotopic (exact) mass is 348 g/mol. The minimum atomic E-state index is -0.0409. The molecule has 1 aromatic heterocycles. The summed E-state index contributed by atoms with van der Waals surface area (Å²) in [5.74, 6) is 0.632. The van der Waals surface area contributed by atoms with E-state index in [4.69, 9.17) is 16.3 Å². The highest BCUT2D eigenvalue weighted by molar-refractivity contribution is 6.32. The summed E-state index contributed by atoms with van der Waals surface area (Å²) in [4.78, 5) is 14.2. The Morgan fingerprint density at radius 2 is 2.21 bits per heavy atom. The van der Waals surface area contributed by atoms with E-state index in [1.807, 2.05) is 34.0 Å². The van der Waals surface area contributed by atoms with Crippen LogP contribution in [0.5, 0.6) is 5.75 Å². The Balaban J connectivity index is 1.48. The molecular weight excluding hydrogens is 328 g/mol. The molecule has 24 heavy (non-hydrogen) atoms. The molecule has 0 radical (unpaired) electrons. The third kappa shape index (κ3) is 3.82. The van der Waals surface area contributed by atoms with Crippen LogP contribution in [-0.2, 0) is 6.54 Å². The number of carbonyl (C=O) groups is 1. The molecule has 7 heteroatoms. The first-order chi connectivity index (χ1) is 11.7. The number of carbonyl (C=O) groups excluding carboxylic acids is 1. The average molecular weight is 349 g/mol. The molecule has 0 saturated carbocycles. The number of ether oxygens (including phenoxy) is 1. The van der Waals surface area contributed by atoms with Crippen LogP contribution in [0.1, 0.15) is 24.4 Å². The summed E-state index contributed by atoms with van der Waals surface area (Å²) < 4.78 is 7.11. The van der Waals surface area contributed by atoms with Crippen molar-refractivity contribution >= 4 is 17.6 Å². The van der Waals surface area contributed by atoms with E-state index in [0.717, 1.165) is 31.5 Å². The molecule has 0 bridgehead atoms. The van der Waals surface area contributed by atoms with Crippen molar-refractivity contribution in [2.45, 2.75) is 25.4 Å². The largest absolute Gasteiger partial charge is 0.495 e. The SMILES string of the molecule is COc1ccc(CNC(=O)N2CCC(n3cccn3)CC2)cc1Cl. The smallest absolute Gasteiger partial charge is 0.317 e. The van der Waals surface area contributed by atoms with Crippen molar-refractivity contribution in [1.29, 1.82) is 0 Å². The van der Waals surface area contributed by atoms with Gasteiger partial charge in [-0.25, -0.2) is 4.79 Å². The molecule has 0 aliphatic carbocycles. The van der Waals surface area contributed by atoms with Gasteiger partial charge in [0.1, 0.15) is 5.75 Å². The first kappa shape index (κ1) is 16.6. The highest BCUT2D eigenvalue weighted by Crippen LogP contribution is 2.25. The van der Waals surface area contributed by atoms with Crippen LogP contribution in [0.2, 0.25) is 5.02 Å². The molecule has 2 heterocycles. The van der Waals surface area contributed by atoms with E-state index in [1.165, 1.54) is 0 Å². The zero-order valence-corrected chi connectivity index (χ0v) is 14.4. The van der Waals surface area contributed by atoms with Crippen molar-refractivity contribution in [3.05, 3.63) is 47.2 Å². The molecule has 2 aromatic rings. The lowest BCUT2D eigenvalue weighted by Crippen LogP contribution is -2.44. The predicted molar refractivity (Wildman–Crippen MR) is 92.3 cm³/mol. The highest BCUT2D eigenvalue weighted by Gasteiger charge is 2.23. The van der Waals surface area contributed by atoms with Gasteiger partial charge in [-0.05, 0) is 36.6 Å². The van der Waals surface area contributed by atoms with Crippen LogP contribution in [0, 0.1) is 0 Å². The van der Waals surface area contributed by atoms with E-state index in [1.54, 1.807) is 19.4 Å². The van der Waals surface area contributed by atoms with Gasteiger partial charge in [0.05, 0.1) is 18.2 Å². The number of rotatable bonds is 4. The molecule has 6 nitrogen and oxygen atoms in total. The molecule has 1 N–H and O–H groups in total. The number of nitrogens with zero attached hydrogens (tertiary/aromatic N) is 3. The van der Waals surface area contributed by atoms with Crippen LogP contribution >= 0.6 is 11.6 Å². The van der Waals surface area contributed by atoms with Gasteiger partial charge in [-0.1, -0.05) is 17.7 Å². The topological polar surface area (TPSA) is 59.4 Å². The van der Waals surface area contributed by atoms with Crippen LogP contribution < -0.4 is 10.1 Å². The van der Waals surface area contributed by atoms with E-state index in [2.05, 4.69) is 10.4 Å². The summed E-state index contributed by atoms with van der Waals surface area (Å²) in [5, 5.41) is 7.78. The summed E-state index contributed by atoms with van der Waals surface area (Å²) in [5.41, 5.74) is 0.945. The summed E-state index contributed by atoms with van der Waals surface area (Å²) >= 11 is 6.10. The molecule has 1 fully saturated rings. The second-order valence-electron chi connectivity index (χ2n) is 5.83. The van der Waals surface area contributed by atoms with Gasteiger partial charge in [-0.3, -0.25) is 4.68 Å². The Bertz CT molecular complexity index is 682. The zero-order valence-electron chi connectivity index (χ0n) is 13.6. The molecule has 2 amide bonds. The van der Waals surface area contributed by atoms with Crippen LogP contribution in [0.3, 0.4) is 0 Å². The molecule has 128 valence electrons. The van der Waals surface area contributed by atoms with Crippen LogP contribution in [0.15, 0.2) is 36.7 Å². The van der Waals surface area contributed by atoms with Gasteiger partial charge in [-0.15, -0.1) is 0 Å². The molecule has 1 saturated heterocycles. The number of benzene rings is 1. The van der Waals surface area contributed by atoms with Crippen LogP contribution in [-0.4, -0.2) is 40.9 Å². The summed E-state index contributed by atoms with van der Waals surface area (Å²) in [6, 6.07) is 7.78. The minimum Gasteiger partial charge on any atom is -0.495 e. The van der Waals surface area contributed by atoms with Gasteiger partial charge in [0.2, 0.25) is 0 Å². The van der Waals surface area contributed by atoms with Gasteiger partial charge >= 0.3 is 6.03 Å². The predicted octanol–water partition coefficient (Wildman–Crippen LogP) is 3.09. The number of likely N-dealkylation sites (tertiary alicyclic amines) is 1. The molecule has 0 spiro atoms. The van der Waals surface area contributed by atoms with E-state index < -0.39 is 0 Å². The maximum Gasteiger partial charge on any atom is 0.317 e. The lowest BCUT2D eigenvalue weighted by atomic mass is 10.1. The number of methoxy groups -OCH3 is 1. The highest BCUT2D eigenvalue weighted by atomic mass is 35.5. The fraction of sp³-hybridized carbons (Fsp3) is 0.412. The molecule has 0 unspecified atom stereocenters. The Morgan fingerprint density at radius 1 is 1.42 bits per heavy atom. The summed E-state index contributed by atoms with van der Waals surface area (Å²) in [6.07, 6.45) is 5.61. The number of halogens is 1. The normalized spacial score (nSPS) is 15.3. The van der Waals surface area contributed by atoms with Gasteiger partial charge in [0, 0.05) is 32.0 Å². The van der Waals surface area contributed by atoms with Crippen molar-refractivity contribution < 1.29 is 9.53 Å². The average Bonchev–Trinajstić information content (AvgIpc) is 3.14. The van der Waals surface area contributed by atoms with Gasteiger partial charge < -0.3 is 15.0 Å². The lowest BCUT2D eigenvalue weighted by molar-refractivity contribution is 0.168. The third-order valence-corrected chi connectivity index (χ3v) is 4.61. The summed E-state index contributed by atoms with van der Waals surface area (Å²) in [6.45, 7) is 1.92. The number of urea groups is 1. The first-order valence-electron chi connectivity index (χ1n) is 8.01. The second kappa shape index (κ2) is 7.57. The van der Waals surface area contributed by atoms with Crippen LogP contribution in [0.25, 0.3) is 0 Å². The molecule has 0 atom stereocenters. The number of amides is 2. The standard InChI is InChI=1S/C17H21ClN4O2/c1-24-16-4-3-13(11-15(16)18)12-19-17(23)21-9-5-14(6-10-21)22-8-2-7-20-22/h2-4,7-8,11,14H,5-6,9-10,12H2,1H3,(H,19,23). The molecular formula is C17H21ClN4O2. The fourth-order valence-corrected chi connectivity index (χ4v) is 3.22. The fourth-order valence-electron chi connectivity index (χ4n) is 2.94. The van der Waals surface area contributed by atoms with E-state index in [9.17, 15) is 4.79 Å². The number of hydrogen-bond donors (Lipinski definition) is 1. The third-order valence-electron chi connectivity index (χ3n) is 4.31. The van der Waals surface area contributed by atoms with Gasteiger partial charge in [0.15, 0.2) is 0 Å². The second-order valence-corrected chi connectivity index (χ2v) is 6.24. The number of hydrogen-bond acceptors (Lipinski definition) is 3. The van der Waals surface area contributed by atoms with Crippen molar-refractivity contribution in [2.75, 3.05) is 20.2 Å². The Hall–Kier alpha value is -2.21. The van der Waals surface area contributed by atoms with E-state index >= 15 is 0 Å². The molecule has 1 aliphatic rings. The molecule has 3 rings (SSSR count). The lowest BCUT2D eigenvalue weighted by Gasteiger charge is -2.32. The van der Waals surface area contributed by atoms with Crippen molar-refractivity contribution in [1.82, 2.24) is 20.0 Å². The van der Waals surface area contributed by atoms with Crippen molar-refractivity contribution in [2.24, 2.45) is 0 Å². The van der Waals surface area contributed by atoms with Gasteiger partial charge in [0.25, 0.3) is 0 Å².